The summed E-state index contributed by atoms with van der Waals surface area (Å²) in [6.07, 6.45) is 0. The minimum Gasteiger partial charge on any atom is -0.368 e. The Morgan fingerprint density at radius 2 is 1.66 bits per heavy atom. The highest BCUT2D eigenvalue weighted by Crippen LogP contribution is 2.22. The van der Waals surface area contributed by atoms with Gasteiger partial charge in [0.05, 0.1) is 4.90 Å². The molecule has 0 radical (unpaired) electrons. The molecule has 0 saturated carbocycles. The number of hydrogen-bond donors (Lipinski definition) is 0. The molecule has 1 aliphatic rings. The number of benzene rings is 2. The Morgan fingerprint density at radius 1 is 1.00 bits per heavy atom. The number of carbonyl (C=O) groups is 1. The minimum absolute atomic E-state index is 0.126. The third-order valence-corrected chi connectivity index (χ3v) is 7.54. The summed E-state index contributed by atoms with van der Waals surface area (Å²) in [5.74, 6) is -0.126. The maximum atomic E-state index is 13.0. The van der Waals surface area contributed by atoms with Crippen molar-refractivity contribution in [1.82, 2.24) is 9.21 Å². The normalized spacial score (nSPS) is 15.2. The van der Waals surface area contributed by atoms with Crippen LogP contribution >= 0.6 is 0 Å². The maximum absolute atomic E-state index is 13.0. The van der Waals surface area contributed by atoms with Gasteiger partial charge in [-0.05, 0) is 50.6 Å². The molecule has 1 fully saturated rings. The third-order valence-electron chi connectivity index (χ3n) is 5.51. The van der Waals surface area contributed by atoms with Gasteiger partial charge in [-0.25, -0.2) is 8.42 Å². The lowest BCUT2D eigenvalue weighted by Crippen LogP contribution is -2.49. The predicted molar refractivity (Wildman–Crippen MR) is 116 cm³/mol. The Balaban J connectivity index is 1.73. The number of anilines is 1. The summed E-state index contributed by atoms with van der Waals surface area (Å²) in [7, 11) is -2.07. The fraction of sp³-hybridized carbons (Fsp3) is 0.409. The first-order chi connectivity index (χ1) is 13.7. The van der Waals surface area contributed by atoms with E-state index in [1.165, 1.54) is 21.6 Å². The average molecular weight is 416 g/mol. The van der Waals surface area contributed by atoms with Gasteiger partial charge in [0.15, 0.2) is 0 Å². The number of rotatable bonds is 5. The van der Waals surface area contributed by atoms with Crippen molar-refractivity contribution in [3.8, 4) is 0 Å². The number of hydrogen-bond acceptors (Lipinski definition) is 4. The average Bonchev–Trinajstić information content (AvgIpc) is 2.73. The lowest BCUT2D eigenvalue weighted by Gasteiger charge is -2.37. The van der Waals surface area contributed by atoms with Gasteiger partial charge in [0.1, 0.15) is 0 Å². The Hall–Kier alpha value is -2.38. The van der Waals surface area contributed by atoms with Gasteiger partial charge in [-0.15, -0.1) is 0 Å². The molecule has 0 spiro atoms. The fourth-order valence-electron chi connectivity index (χ4n) is 3.48. The molecule has 2 aromatic rings. The molecule has 0 bridgehead atoms. The summed E-state index contributed by atoms with van der Waals surface area (Å²) < 4.78 is 26.8. The number of para-hydroxylation sites is 1. The van der Waals surface area contributed by atoms with Gasteiger partial charge in [0.2, 0.25) is 10.0 Å². The number of sulfonamides is 1. The van der Waals surface area contributed by atoms with Crippen LogP contribution in [0.25, 0.3) is 0 Å². The van der Waals surface area contributed by atoms with Crippen molar-refractivity contribution in [2.75, 3.05) is 38.1 Å². The largest absolute Gasteiger partial charge is 0.368 e. The molecular formula is C22H29N3O3S. The monoisotopic (exact) mass is 415 g/mol. The van der Waals surface area contributed by atoms with Crippen molar-refractivity contribution in [2.45, 2.75) is 31.7 Å². The van der Waals surface area contributed by atoms with E-state index >= 15 is 0 Å². The Kier molecular flexibility index (Phi) is 6.29. The van der Waals surface area contributed by atoms with Gasteiger partial charge in [-0.1, -0.05) is 24.3 Å². The Labute approximate surface area is 173 Å². The molecule has 0 aromatic heterocycles. The molecule has 156 valence electrons. The zero-order chi connectivity index (χ0) is 21.2. The molecule has 3 rings (SSSR count). The van der Waals surface area contributed by atoms with E-state index in [4.69, 9.17) is 0 Å². The van der Waals surface area contributed by atoms with Crippen molar-refractivity contribution in [1.29, 1.82) is 0 Å². The Bertz CT molecular complexity index is 980. The summed E-state index contributed by atoms with van der Waals surface area (Å²) in [5, 5.41) is 0. The van der Waals surface area contributed by atoms with Gasteiger partial charge in [-0.2, -0.15) is 4.31 Å². The second kappa shape index (κ2) is 8.55. The maximum Gasteiger partial charge on any atom is 0.254 e. The van der Waals surface area contributed by atoms with E-state index in [0.717, 1.165) is 13.1 Å². The summed E-state index contributed by atoms with van der Waals surface area (Å²) in [4.78, 5) is 17.2. The summed E-state index contributed by atoms with van der Waals surface area (Å²) in [6, 6.07) is 14.4. The fourth-order valence-corrected chi connectivity index (χ4v) is 4.90. The lowest BCUT2D eigenvalue weighted by molar-refractivity contribution is 0.0746. The van der Waals surface area contributed by atoms with Gasteiger partial charge in [0.25, 0.3) is 5.91 Å². The van der Waals surface area contributed by atoms with E-state index in [1.54, 1.807) is 30.1 Å². The first-order valence-electron chi connectivity index (χ1n) is 9.90. The quantitative estimate of drug-likeness (QED) is 0.753. The van der Waals surface area contributed by atoms with Crippen LogP contribution in [0, 0.1) is 6.92 Å². The van der Waals surface area contributed by atoms with Crippen LogP contribution in [0.15, 0.2) is 53.4 Å². The summed E-state index contributed by atoms with van der Waals surface area (Å²) >= 11 is 0. The number of aryl methyl sites for hydroxylation is 1. The van der Waals surface area contributed by atoms with Crippen LogP contribution in [-0.4, -0.2) is 62.8 Å². The number of nitrogens with zero attached hydrogens (tertiary/aromatic N) is 3. The molecule has 0 unspecified atom stereocenters. The minimum atomic E-state index is -3.62. The highest BCUT2D eigenvalue weighted by Gasteiger charge is 2.26. The van der Waals surface area contributed by atoms with E-state index < -0.39 is 10.0 Å². The van der Waals surface area contributed by atoms with Crippen LogP contribution in [0.2, 0.25) is 0 Å². The van der Waals surface area contributed by atoms with E-state index in [0.29, 0.717) is 18.7 Å². The van der Waals surface area contributed by atoms with E-state index in [1.807, 2.05) is 26.0 Å². The van der Waals surface area contributed by atoms with Gasteiger partial charge in [-0.3, -0.25) is 4.79 Å². The van der Waals surface area contributed by atoms with Crippen molar-refractivity contribution >= 4 is 21.6 Å². The molecule has 1 aliphatic heterocycles. The van der Waals surface area contributed by atoms with Crippen LogP contribution in [0.5, 0.6) is 0 Å². The molecular weight excluding hydrogens is 386 g/mol. The summed E-state index contributed by atoms with van der Waals surface area (Å²) in [6.45, 7) is 8.45. The van der Waals surface area contributed by atoms with Crippen LogP contribution < -0.4 is 4.90 Å². The molecule has 0 aliphatic carbocycles. The topological polar surface area (TPSA) is 60.9 Å². The molecule has 29 heavy (non-hydrogen) atoms. The molecule has 7 heteroatoms. The third kappa shape index (κ3) is 4.46. The number of carbonyl (C=O) groups excluding carboxylic acids is 1. The van der Waals surface area contributed by atoms with E-state index in [-0.39, 0.29) is 16.8 Å². The second-order valence-corrected chi connectivity index (χ2v) is 9.71. The number of piperazine rings is 1. The molecule has 2 aromatic carbocycles. The van der Waals surface area contributed by atoms with Crippen LogP contribution in [0.4, 0.5) is 5.69 Å². The lowest BCUT2D eigenvalue weighted by atomic mass is 10.1. The molecule has 1 amide bonds. The van der Waals surface area contributed by atoms with Crippen LogP contribution in [-0.2, 0) is 10.0 Å². The Morgan fingerprint density at radius 3 is 2.28 bits per heavy atom. The highest BCUT2D eigenvalue weighted by atomic mass is 32.2. The standard InChI is InChI=1S/C22H29N3O3S/c1-17(2)23(4)29(27,28)20-10-7-9-19(16-20)22(26)25-14-12-24(13-15-25)21-11-6-5-8-18(21)3/h5-11,16-17H,12-15H2,1-4H3. The van der Waals surface area contributed by atoms with Crippen molar-refractivity contribution in [3.63, 3.8) is 0 Å². The predicted octanol–water partition coefficient (Wildman–Crippen LogP) is 2.99. The van der Waals surface area contributed by atoms with Crippen molar-refractivity contribution in [3.05, 3.63) is 59.7 Å². The van der Waals surface area contributed by atoms with Crippen molar-refractivity contribution in [2.24, 2.45) is 0 Å². The zero-order valence-electron chi connectivity index (χ0n) is 17.5. The first-order valence-corrected chi connectivity index (χ1v) is 11.3. The number of amides is 1. The van der Waals surface area contributed by atoms with Gasteiger partial charge in [0, 0.05) is 50.5 Å². The van der Waals surface area contributed by atoms with Crippen LogP contribution in [0.3, 0.4) is 0 Å². The first kappa shape index (κ1) is 21.3. The van der Waals surface area contributed by atoms with E-state index in [2.05, 4.69) is 24.0 Å². The van der Waals surface area contributed by atoms with E-state index in [9.17, 15) is 13.2 Å². The molecule has 0 atom stereocenters. The SMILES string of the molecule is Cc1ccccc1N1CCN(C(=O)c2cccc(S(=O)(=O)N(C)C(C)C)c2)CC1. The van der Waals surface area contributed by atoms with Gasteiger partial charge < -0.3 is 9.80 Å². The summed E-state index contributed by atoms with van der Waals surface area (Å²) in [5.41, 5.74) is 2.83. The van der Waals surface area contributed by atoms with Crippen molar-refractivity contribution < 1.29 is 13.2 Å². The molecule has 6 nitrogen and oxygen atoms in total. The highest BCUT2D eigenvalue weighted by molar-refractivity contribution is 7.89. The molecule has 1 saturated heterocycles. The molecule has 0 N–H and O–H groups in total. The smallest absolute Gasteiger partial charge is 0.254 e. The molecule has 1 heterocycles. The zero-order valence-corrected chi connectivity index (χ0v) is 18.3. The second-order valence-electron chi connectivity index (χ2n) is 7.71. The van der Waals surface area contributed by atoms with Gasteiger partial charge >= 0.3 is 0 Å². The van der Waals surface area contributed by atoms with Crippen LogP contribution in [0.1, 0.15) is 29.8 Å².